The highest BCUT2D eigenvalue weighted by molar-refractivity contribution is 5.89. The first-order valence-corrected chi connectivity index (χ1v) is 20.7. The first-order chi connectivity index (χ1) is 25.0. The van der Waals surface area contributed by atoms with Gasteiger partial charge < -0.3 is 31.1 Å². The molecule has 0 aliphatic rings. The lowest BCUT2D eigenvalue weighted by Gasteiger charge is -2.22. The summed E-state index contributed by atoms with van der Waals surface area (Å²) < 4.78 is 0. The van der Waals surface area contributed by atoms with E-state index in [9.17, 15) is 9.59 Å². The second kappa shape index (κ2) is 29.5. The molecule has 2 rings (SSSR count). The smallest absolute Gasteiger partial charge is 0.319 e. The van der Waals surface area contributed by atoms with Crippen LogP contribution in [0.5, 0.6) is 0 Å². The minimum absolute atomic E-state index is 0.166. The van der Waals surface area contributed by atoms with Crippen LogP contribution in [0, 0.1) is 0 Å². The van der Waals surface area contributed by atoms with Gasteiger partial charge in [-0.15, -0.1) is 0 Å². The molecule has 4 N–H and O–H groups in total. The standard InChI is InChI=1S/C43H74N6O2/c1-5-9-13-17-31-48(29-15-11-7-3)33-21-27-44-42(50)46-40-25-19-23-38(36-40)35-39-24-20-26-41(37-39)47-43(51)45-28-22-34-49(30-16-12-8-4)32-18-14-10-6-2/h19-20,23-26,36-37H,5-18,21-22,27-35H2,1-4H3,(H2,44,46,50)(H2,45,47,51). The van der Waals surface area contributed by atoms with E-state index in [1.165, 1.54) is 89.9 Å². The van der Waals surface area contributed by atoms with Crippen molar-refractivity contribution in [2.24, 2.45) is 0 Å². The normalized spacial score (nSPS) is 11.3. The molecule has 8 nitrogen and oxygen atoms in total. The van der Waals surface area contributed by atoms with Crippen LogP contribution in [0.15, 0.2) is 48.5 Å². The summed E-state index contributed by atoms with van der Waals surface area (Å²) in [5.74, 6) is 0. The molecule has 2 aromatic rings. The summed E-state index contributed by atoms with van der Waals surface area (Å²) >= 11 is 0. The van der Waals surface area contributed by atoms with Crippen molar-refractivity contribution in [3.05, 3.63) is 59.7 Å². The number of unbranched alkanes of at least 4 members (excludes halogenated alkanes) is 10. The number of anilines is 2. The third kappa shape index (κ3) is 22.4. The Balaban J connectivity index is 1.75. The lowest BCUT2D eigenvalue weighted by atomic mass is 10.0. The third-order valence-corrected chi connectivity index (χ3v) is 9.46. The molecule has 0 spiro atoms. The Morgan fingerprint density at radius 1 is 0.471 bits per heavy atom. The molecule has 0 fully saturated rings. The molecule has 4 amide bonds. The van der Waals surface area contributed by atoms with Crippen LogP contribution in [0.1, 0.15) is 142 Å². The molecule has 0 radical (unpaired) electrons. The maximum atomic E-state index is 12.7. The molecule has 51 heavy (non-hydrogen) atoms. The molecule has 0 unspecified atom stereocenters. The number of carbonyl (C=O) groups excluding carboxylic acids is 2. The van der Waals surface area contributed by atoms with Gasteiger partial charge in [-0.3, -0.25) is 0 Å². The Labute approximate surface area is 312 Å². The lowest BCUT2D eigenvalue weighted by molar-refractivity contribution is 0.245. The van der Waals surface area contributed by atoms with Crippen molar-refractivity contribution in [1.29, 1.82) is 0 Å². The first kappa shape index (κ1) is 44.1. The average Bonchev–Trinajstić information content (AvgIpc) is 3.12. The Morgan fingerprint density at radius 2 is 0.824 bits per heavy atom. The van der Waals surface area contributed by atoms with Crippen molar-refractivity contribution in [2.75, 3.05) is 63.0 Å². The largest absolute Gasteiger partial charge is 0.338 e. The molecule has 8 heteroatoms. The quantitative estimate of drug-likeness (QED) is 0.0609. The molecule has 288 valence electrons. The van der Waals surface area contributed by atoms with Crippen molar-refractivity contribution in [3.63, 3.8) is 0 Å². The Morgan fingerprint density at radius 3 is 1.22 bits per heavy atom. The van der Waals surface area contributed by atoms with Crippen molar-refractivity contribution in [3.8, 4) is 0 Å². The fourth-order valence-electron chi connectivity index (χ4n) is 6.48. The molecule has 0 bridgehead atoms. The highest BCUT2D eigenvalue weighted by Gasteiger charge is 2.09. The summed E-state index contributed by atoms with van der Waals surface area (Å²) in [6.07, 6.45) is 20.4. The van der Waals surface area contributed by atoms with E-state index in [0.717, 1.165) is 74.6 Å². The SMILES string of the molecule is CCCCCCN(CCCCC)CCCNC(=O)Nc1cccc(Cc2cccc(NC(=O)NCCCN(CCCCC)CCCCCC)c2)c1. The molecule has 0 atom stereocenters. The second-order valence-electron chi connectivity index (χ2n) is 14.3. The molecule has 0 heterocycles. The summed E-state index contributed by atoms with van der Waals surface area (Å²) in [5, 5.41) is 12.1. The van der Waals surface area contributed by atoms with Crippen LogP contribution >= 0.6 is 0 Å². The number of urea groups is 2. The lowest BCUT2D eigenvalue weighted by Crippen LogP contribution is -2.33. The molecule has 0 aliphatic carbocycles. The van der Waals surface area contributed by atoms with Gasteiger partial charge >= 0.3 is 12.1 Å². The fraction of sp³-hybridized carbons (Fsp3) is 0.674. The number of benzene rings is 2. The number of carbonyl (C=O) groups is 2. The predicted octanol–water partition coefficient (Wildman–Crippen LogP) is 10.4. The summed E-state index contributed by atoms with van der Waals surface area (Å²) in [6, 6.07) is 15.6. The van der Waals surface area contributed by atoms with Gasteiger partial charge in [0.15, 0.2) is 0 Å². The van der Waals surface area contributed by atoms with Crippen molar-refractivity contribution in [1.82, 2.24) is 20.4 Å². The maximum Gasteiger partial charge on any atom is 0.319 e. The topological polar surface area (TPSA) is 88.7 Å². The second-order valence-corrected chi connectivity index (χ2v) is 14.3. The van der Waals surface area contributed by atoms with Crippen LogP contribution < -0.4 is 21.3 Å². The van der Waals surface area contributed by atoms with Crippen LogP contribution in [0.3, 0.4) is 0 Å². The number of hydrogen-bond acceptors (Lipinski definition) is 4. The summed E-state index contributed by atoms with van der Waals surface area (Å²) in [6.45, 7) is 17.0. The van der Waals surface area contributed by atoms with Crippen LogP contribution in [-0.2, 0) is 6.42 Å². The Kier molecular flexibility index (Phi) is 25.5. The van der Waals surface area contributed by atoms with Crippen LogP contribution in [-0.4, -0.2) is 74.2 Å². The summed E-state index contributed by atoms with van der Waals surface area (Å²) in [7, 11) is 0. The van der Waals surface area contributed by atoms with Crippen molar-refractivity contribution < 1.29 is 9.59 Å². The molecule has 0 saturated carbocycles. The number of amides is 4. The molecule has 0 aromatic heterocycles. The zero-order chi connectivity index (χ0) is 36.8. The number of rotatable bonds is 30. The number of nitrogens with one attached hydrogen (secondary N) is 4. The zero-order valence-electron chi connectivity index (χ0n) is 33.0. The fourth-order valence-corrected chi connectivity index (χ4v) is 6.48. The monoisotopic (exact) mass is 707 g/mol. The Hall–Kier alpha value is -3.10. The third-order valence-electron chi connectivity index (χ3n) is 9.46. The molecule has 2 aromatic carbocycles. The van der Waals surface area contributed by atoms with Gasteiger partial charge in [0.2, 0.25) is 0 Å². The van der Waals surface area contributed by atoms with E-state index in [-0.39, 0.29) is 12.1 Å². The van der Waals surface area contributed by atoms with E-state index in [4.69, 9.17) is 0 Å². The minimum Gasteiger partial charge on any atom is -0.338 e. The van der Waals surface area contributed by atoms with Gasteiger partial charge in [-0.25, -0.2) is 9.59 Å². The number of hydrogen-bond donors (Lipinski definition) is 4. The van der Waals surface area contributed by atoms with Gasteiger partial charge in [-0.05, 0) is 120 Å². The van der Waals surface area contributed by atoms with E-state index < -0.39 is 0 Å². The minimum atomic E-state index is -0.166. The first-order valence-electron chi connectivity index (χ1n) is 20.7. The predicted molar refractivity (Wildman–Crippen MR) is 219 cm³/mol. The molecule has 0 saturated heterocycles. The van der Waals surface area contributed by atoms with Gasteiger partial charge in [0.25, 0.3) is 0 Å². The molecular formula is C43H74N6O2. The van der Waals surface area contributed by atoms with Crippen molar-refractivity contribution in [2.45, 2.75) is 137 Å². The summed E-state index contributed by atoms with van der Waals surface area (Å²) in [4.78, 5) is 30.5. The van der Waals surface area contributed by atoms with E-state index in [1.54, 1.807) is 0 Å². The van der Waals surface area contributed by atoms with Gasteiger partial charge in [-0.2, -0.15) is 0 Å². The highest BCUT2D eigenvalue weighted by Crippen LogP contribution is 2.18. The van der Waals surface area contributed by atoms with E-state index in [1.807, 2.05) is 36.4 Å². The van der Waals surface area contributed by atoms with Gasteiger partial charge in [0, 0.05) is 24.5 Å². The highest BCUT2D eigenvalue weighted by atomic mass is 16.2. The van der Waals surface area contributed by atoms with Crippen LogP contribution in [0.2, 0.25) is 0 Å². The number of nitrogens with zero attached hydrogens (tertiary/aromatic N) is 2. The maximum absolute atomic E-state index is 12.7. The molecule has 0 aliphatic heterocycles. The van der Waals surface area contributed by atoms with Gasteiger partial charge in [0.05, 0.1) is 0 Å². The zero-order valence-corrected chi connectivity index (χ0v) is 33.0. The average molecular weight is 707 g/mol. The van der Waals surface area contributed by atoms with E-state index in [2.05, 4.69) is 70.9 Å². The van der Waals surface area contributed by atoms with Crippen LogP contribution in [0.25, 0.3) is 0 Å². The van der Waals surface area contributed by atoms with Gasteiger partial charge in [0.1, 0.15) is 0 Å². The van der Waals surface area contributed by atoms with E-state index >= 15 is 0 Å². The van der Waals surface area contributed by atoms with Crippen molar-refractivity contribution >= 4 is 23.4 Å². The Bertz CT molecular complexity index is 1090. The summed E-state index contributed by atoms with van der Waals surface area (Å²) in [5.41, 5.74) is 3.75. The van der Waals surface area contributed by atoms with Gasteiger partial charge in [-0.1, -0.05) is 116 Å². The molecular weight excluding hydrogens is 633 g/mol. The van der Waals surface area contributed by atoms with E-state index in [0.29, 0.717) is 19.5 Å². The van der Waals surface area contributed by atoms with Crippen LogP contribution in [0.4, 0.5) is 21.0 Å².